The molecule has 0 aliphatic carbocycles. The Morgan fingerprint density at radius 3 is 2.85 bits per heavy atom. The standard InChI is InChI=1S/C21H25ClN2O2.ClH/c1-2-26-20-9-4-3-6-16(20)10-11-21(25)24-13-12-23-15-19(24)17-7-5-8-18(22)14-17;/h3-9,14,19,23H,2,10-13,15H2,1H3;1H. The summed E-state index contributed by atoms with van der Waals surface area (Å²) in [6, 6.07) is 15.7. The number of carbonyl (C=O) groups is 1. The number of para-hydroxylation sites is 1. The molecule has 3 rings (SSSR count). The van der Waals surface area contributed by atoms with Crippen molar-refractivity contribution in [2.75, 3.05) is 26.2 Å². The molecule has 2 aromatic carbocycles. The number of hydrogen-bond acceptors (Lipinski definition) is 3. The van der Waals surface area contributed by atoms with Gasteiger partial charge in [-0.15, -0.1) is 12.4 Å². The minimum Gasteiger partial charge on any atom is -0.494 e. The largest absolute Gasteiger partial charge is 0.494 e. The molecule has 1 aliphatic heterocycles. The van der Waals surface area contributed by atoms with E-state index < -0.39 is 0 Å². The third-order valence-electron chi connectivity index (χ3n) is 4.68. The van der Waals surface area contributed by atoms with E-state index in [9.17, 15) is 4.79 Å². The van der Waals surface area contributed by atoms with Crippen molar-refractivity contribution >= 4 is 29.9 Å². The molecule has 146 valence electrons. The maximum Gasteiger partial charge on any atom is 0.223 e. The van der Waals surface area contributed by atoms with Gasteiger partial charge in [0.05, 0.1) is 12.6 Å². The molecule has 0 aromatic heterocycles. The van der Waals surface area contributed by atoms with Crippen LogP contribution in [0.25, 0.3) is 0 Å². The first kappa shape index (κ1) is 21.5. The van der Waals surface area contributed by atoms with Gasteiger partial charge < -0.3 is 15.0 Å². The van der Waals surface area contributed by atoms with Crippen molar-refractivity contribution in [1.82, 2.24) is 10.2 Å². The van der Waals surface area contributed by atoms with E-state index in [1.807, 2.05) is 60.4 Å². The van der Waals surface area contributed by atoms with Crippen molar-refractivity contribution in [2.45, 2.75) is 25.8 Å². The zero-order valence-corrected chi connectivity index (χ0v) is 17.1. The summed E-state index contributed by atoms with van der Waals surface area (Å²) in [5, 5.41) is 4.08. The predicted octanol–water partition coefficient (Wildman–Crippen LogP) is 4.27. The number of hydrogen-bond donors (Lipinski definition) is 1. The van der Waals surface area contributed by atoms with Gasteiger partial charge in [-0.2, -0.15) is 0 Å². The Labute approximate surface area is 172 Å². The van der Waals surface area contributed by atoms with Crippen molar-refractivity contribution in [3.63, 3.8) is 0 Å². The zero-order chi connectivity index (χ0) is 18.4. The summed E-state index contributed by atoms with van der Waals surface area (Å²) >= 11 is 6.14. The molecule has 1 unspecified atom stereocenters. The van der Waals surface area contributed by atoms with Crippen molar-refractivity contribution in [3.05, 3.63) is 64.7 Å². The number of nitrogens with one attached hydrogen (secondary N) is 1. The van der Waals surface area contributed by atoms with Gasteiger partial charge in [0.1, 0.15) is 5.75 Å². The van der Waals surface area contributed by atoms with Crippen LogP contribution in [0.5, 0.6) is 5.75 Å². The summed E-state index contributed by atoms with van der Waals surface area (Å²) in [7, 11) is 0. The van der Waals surface area contributed by atoms with Gasteiger partial charge in [0.25, 0.3) is 0 Å². The number of rotatable bonds is 6. The lowest BCUT2D eigenvalue weighted by Gasteiger charge is -2.36. The second kappa shape index (κ2) is 10.5. The lowest BCUT2D eigenvalue weighted by atomic mass is 10.0. The average Bonchev–Trinajstić information content (AvgIpc) is 2.67. The minimum atomic E-state index is 0. The highest BCUT2D eigenvalue weighted by molar-refractivity contribution is 6.30. The van der Waals surface area contributed by atoms with Crippen molar-refractivity contribution in [2.24, 2.45) is 0 Å². The smallest absolute Gasteiger partial charge is 0.223 e. The number of ether oxygens (including phenoxy) is 1. The fourth-order valence-electron chi connectivity index (χ4n) is 3.41. The summed E-state index contributed by atoms with van der Waals surface area (Å²) in [6.07, 6.45) is 1.16. The van der Waals surface area contributed by atoms with Crippen LogP contribution in [-0.2, 0) is 11.2 Å². The summed E-state index contributed by atoms with van der Waals surface area (Å²) < 4.78 is 5.67. The third kappa shape index (κ3) is 5.61. The quantitative estimate of drug-likeness (QED) is 0.775. The van der Waals surface area contributed by atoms with Gasteiger partial charge in [0, 0.05) is 31.1 Å². The average molecular weight is 409 g/mol. The van der Waals surface area contributed by atoms with Gasteiger partial charge >= 0.3 is 0 Å². The molecule has 6 heteroatoms. The van der Waals surface area contributed by atoms with Gasteiger partial charge in [-0.05, 0) is 42.7 Å². The Kier molecular flexibility index (Phi) is 8.42. The van der Waals surface area contributed by atoms with Crippen LogP contribution < -0.4 is 10.1 Å². The minimum absolute atomic E-state index is 0. The molecule has 1 fully saturated rings. The second-order valence-electron chi connectivity index (χ2n) is 6.40. The van der Waals surface area contributed by atoms with E-state index in [1.165, 1.54) is 0 Å². The van der Waals surface area contributed by atoms with Crippen molar-refractivity contribution in [3.8, 4) is 5.75 Å². The number of halogens is 2. The molecule has 4 nitrogen and oxygen atoms in total. The van der Waals surface area contributed by atoms with Crippen LogP contribution in [0, 0.1) is 0 Å². The van der Waals surface area contributed by atoms with Crippen LogP contribution in [0.2, 0.25) is 5.02 Å². The van der Waals surface area contributed by atoms with Crippen LogP contribution in [0.1, 0.15) is 30.5 Å². The molecule has 0 radical (unpaired) electrons. The number of nitrogens with zero attached hydrogens (tertiary/aromatic N) is 1. The topological polar surface area (TPSA) is 41.6 Å². The Bertz CT molecular complexity index is 754. The predicted molar refractivity (Wildman–Crippen MR) is 112 cm³/mol. The number of aryl methyl sites for hydroxylation is 1. The fourth-order valence-corrected chi connectivity index (χ4v) is 3.61. The molecule has 1 saturated heterocycles. The third-order valence-corrected chi connectivity index (χ3v) is 4.91. The molecule has 0 saturated carbocycles. The van der Waals surface area contributed by atoms with Crippen LogP contribution in [0.15, 0.2) is 48.5 Å². The first-order chi connectivity index (χ1) is 12.7. The van der Waals surface area contributed by atoms with Gasteiger partial charge in [0.15, 0.2) is 0 Å². The van der Waals surface area contributed by atoms with E-state index in [-0.39, 0.29) is 24.4 Å². The number of piperazine rings is 1. The Hall–Kier alpha value is -1.75. The fraction of sp³-hybridized carbons (Fsp3) is 0.381. The normalized spacial score (nSPS) is 16.5. The molecular formula is C21H26Cl2N2O2. The van der Waals surface area contributed by atoms with Crippen LogP contribution in [0.4, 0.5) is 0 Å². The van der Waals surface area contributed by atoms with Crippen LogP contribution in [0.3, 0.4) is 0 Å². The lowest BCUT2D eigenvalue weighted by Crippen LogP contribution is -2.48. The summed E-state index contributed by atoms with van der Waals surface area (Å²) in [4.78, 5) is 14.9. The second-order valence-corrected chi connectivity index (χ2v) is 6.84. The highest BCUT2D eigenvalue weighted by Crippen LogP contribution is 2.26. The van der Waals surface area contributed by atoms with E-state index in [2.05, 4.69) is 5.32 Å². The molecule has 1 amide bonds. The van der Waals surface area contributed by atoms with E-state index >= 15 is 0 Å². The Balaban J connectivity index is 0.00000261. The first-order valence-corrected chi connectivity index (χ1v) is 9.53. The highest BCUT2D eigenvalue weighted by atomic mass is 35.5. The molecule has 1 aliphatic rings. The SMILES string of the molecule is CCOc1ccccc1CCC(=O)N1CCNCC1c1cccc(Cl)c1.Cl. The monoisotopic (exact) mass is 408 g/mol. The lowest BCUT2D eigenvalue weighted by molar-refractivity contribution is -0.134. The molecule has 2 aromatic rings. The van der Waals surface area contributed by atoms with E-state index in [4.69, 9.17) is 16.3 Å². The molecule has 0 spiro atoms. The van der Waals surface area contributed by atoms with Crippen LogP contribution >= 0.6 is 24.0 Å². The van der Waals surface area contributed by atoms with E-state index in [0.717, 1.165) is 30.0 Å². The maximum atomic E-state index is 12.9. The van der Waals surface area contributed by atoms with Gasteiger partial charge in [-0.25, -0.2) is 0 Å². The molecule has 0 bridgehead atoms. The zero-order valence-electron chi connectivity index (χ0n) is 15.5. The Morgan fingerprint density at radius 1 is 1.26 bits per heavy atom. The van der Waals surface area contributed by atoms with Gasteiger partial charge in [-0.3, -0.25) is 4.79 Å². The maximum absolute atomic E-state index is 12.9. The van der Waals surface area contributed by atoms with E-state index in [0.29, 0.717) is 31.0 Å². The van der Waals surface area contributed by atoms with E-state index in [1.54, 1.807) is 0 Å². The first-order valence-electron chi connectivity index (χ1n) is 9.15. The summed E-state index contributed by atoms with van der Waals surface area (Å²) in [6.45, 7) is 4.88. The summed E-state index contributed by atoms with van der Waals surface area (Å²) in [5.74, 6) is 1.04. The molecule has 27 heavy (non-hydrogen) atoms. The van der Waals surface area contributed by atoms with Gasteiger partial charge in [-0.1, -0.05) is 41.9 Å². The number of carbonyl (C=O) groups excluding carboxylic acids is 1. The molecule has 1 atom stereocenters. The van der Waals surface area contributed by atoms with Crippen molar-refractivity contribution < 1.29 is 9.53 Å². The Morgan fingerprint density at radius 2 is 2.07 bits per heavy atom. The van der Waals surface area contributed by atoms with Crippen molar-refractivity contribution in [1.29, 1.82) is 0 Å². The van der Waals surface area contributed by atoms with Gasteiger partial charge in [0.2, 0.25) is 5.91 Å². The summed E-state index contributed by atoms with van der Waals surface area (Å²) in [5.41, 5.74) is 2.16. The highest BCUT2D eigenvalue weighted by Gasteiger charge is 2.27. The molecule has 1 N–H and O–H groups in total. The molecule has 1 heterocycles. The number of amides is 1. The molecular weight excluding hydrogens is 383 g/mol. The van der Waals surface area contributed by atoms with Crippen LogP contribution in [-0.4, -0.2) is 37.0 Å². The number of benzene rings is 2.